The Bertz CT molecular complexity index is 1200. The molecule has 3 rings (SSSR count). The zero-order valence-corrected chi connectivity index (χ0v) is 22.9. The van der Waals surface area contributed by atoms with Crippen molar-refractivity contribution in [1.82, 2.24) is 15.2 Å². The highest BCUT2D eigenvalue weighted by Gasteiger charge is 2.33. The molecule has 2 heterocycles. The van der Waals surface area contributed by atoms with Crippen molar-refractivity contribution in [1.29, 1.82) is 0 Å². The number of carbonyl (C=O) groups excluding carboxylic acids is 2. The molecule has 10 heteroatoms. The normalized spacial score (nSPS) is 14.0. The summed E-state index contributed by atoms with van der Waals surface area (Å²) in [6.07, 6.45) is 0. The third-order valence-electron chi connectivity index (χ3n) is 5.98. The largest absolute Gasteiger partial charge is 0.494 e. The fraction of sp³-hybridized carbons (Fsp3) is 0.462. The quantitative estimate of drug-likeness (QED) is 0.534. The number of halogens is 1. The standard InChI is InChI=1S/C26H34ClN5O4/c1-9-36-20-12-16-13-32(24(30-27)21(16)29-22(20)25(34)28-5)14-19(33)15-10-17(26(2,3)4)23(35-8)18(11-15)31(6)7/h10-12H,9,13-14H2,1-8H3,(H,28,34). The van der Waals surface area contributed by atoms with Crippen molar-refractivity contribution in [2.24, 2.45) is 4.51 Å². The van der Waals surface area contributed by atoms with E-state index >= 15 is 0 Å². The molecule has 36 heavy (non-hydrogen) atoms. The number of anilines is 1. The number of hydrogen-bond donors (Lipinski definition) is 1. The van der Waals surface area contributed by atoms with Crippen molar-refractivity contribution < 1.29 is 19.1 Å². The van der Waals surface area contributed by atoms with Crippen LogP contribution in [-0.2, 0) is 12.0 Å². The second-order valence-corrected chi connectivity index (χ2v) is 9.93. The number of pyridine rings is 1. The van der Waals surface area contributed by atoms with E-state index in [-0.39, 0.29) is 29.3 Å². The van der Waals surface area contributed by atoms with Gasteiger partial charge < -0.3 is 24.6 Å². The first kappa shape index (κ1) is 27.3. The molecule has 0 saturated carbocycles. The number of Topliss-reactive ketones (excluding diaryl/α,β-unsaturated/α-hetero) is 1. The third kappa shape index (κ3) is 5.26. The van der Waals surface area contributed by atoms with E-state index in [0.29, 0.717) is 36.0 Å². The number of methoxy groups -OCH3 is 1. The van der Waals surface area contributed by atoms with Gasteiger partial charge in [-0.15, -0.1) is 0 Å². The van der Waals surface area contributed by atoms with Gasteiger partial charge in [-0.25, -0.2) is 4.98 Å². The van der Waals surface area contributed by atoms with E-state index < -0.39 is 0 Å². The molecule has 0 unspecified atom stereocenters. The zero-order valence-electron chi connectivity index (χ0n) is 22.2. The molecular formula is C26H34ClN5O4. The molecule has 1 aromatic heterocycles. The Kier molecular flexibility index (Phi) is 8.13. The molecule has 2 aromatic rings. The van der Waals surface area contributed by atoms with Gasteiger partial charge >= 0.3 is 0 Å². The molecule has 0 atom stereocenters. The van der Waals surface area contributed by atoms with Crippen molar-refractivity contribution in [3.63, 3.8) is 0 Å². The number of nitrogens with one attached hydrogen (secondary N) is 1. The number of fused-ring (bicyclic) bond motifs is 1. The minimum absolute atomic E-state index is 0.0317. The van der Waals surface area contributed by atoms with Crippen LogP contribution in [-0.4, -0.2) is 68.8 Å². The fourth-order valence-electron chi connectivity index (χ4n) is 4.19. The summed E-state index contributed by atoms with van der Waals surface area (Å²) in [5.41, 5.74) is 3.45. The summed E-state index contributed by atoms with van der Waals surface area (Å²) < 4.78 is 15.3. The van der Waals surface area contributed by atoms with E-state index in [2.05, 4.69) is 35.6 Å². The van der Waals surface area contributed by atoms with Gasteiger partial charge in [-0.3, -0.25) is 9.59 Å². The molecule has 0 radical (unpaired) electrons. The average Bonchev–Trinajstić information content (AvgIpc) is 3.17. The Hall–Kier alpha value is -3.33. The molecule has 194 valence electrons. The summed E-state index contributed by atoms with van der Waals surface area (Å²) in [6.45, 7) is 8.85. The van der Waals surface area contributed by atoms with Crippen LogP contribution in [0, 0.1) is 0 Å². The lowest BCUT2D eigenvalue weighted by atomic mass is 9.84. The predicted molar refractivity (Wildman–Crippen MR) is 142 cm³/mol. The Morgan fingerprint density at radius 3 is 2.47 bits per heavy atom. The monoisotopic (exact) mass is 515 g/mol. The number of amides is 1. The molecule has 0 aliphatic carbocycles. The molecule has 9 nitrogen and oxygen atoms in total. The van der Waals surface area contributed by atoms with Crippen LogP contribution < -0.4 is 19.7 Å². The summed E-state index contributed by atoms with van der Waals surface area (Å²) in [4.78, 5) is 34.1. The van der Waals surface area contributed by atoms with E-state index in [1.165, 1.54) is 7.05 Å². The highest BCUT2D eigenvalue weighted by molar-refractivity contribution is 6.23. The lowest BCUT2D eigenvalue weighted by Gasteiger charge is -2.27. The average molecular weight is 516 g/mol. The number of aromatic nitrogens is 1. The highest BCUT2D eigenvalue weighted by Crippen LogP contribution is 2.39. The summed E-state index contributed by atoms with van der Waals surface area (Å²) in [5, 5.41) is 2.57. The molecule has 1 aliphatic heterocycles. The minimum atomic E-state index is -0.381. The lowest BCUT2D eigenvalue weighted by Crippen LogP contribution is -2.31. The summed E-state index contributed by atoms with van der Waals surface area (Å²) in [7, 11) is 7.00. The number of ketones is 1. The number of amidine groups is 1. The Morgan fingerprint density at radius 2 is 1.94 bits per heavy atom. The number of ether oxygens (including phenoxy) is 2. The Labute approximate surface area is 217 Å². The maximum absolute atomic E-state index is 13.5. The van der Waals surface area contributed by atoms with Gasteiger partial charge in [0, 0.05) is 56.2 Å². The first-order valence-electron chi connectivity index (χ1n) is 11.7. The second-order valence-electron chi connectivity index (χ2n) is 9.76. The van der Waals surface area contributed by atoms with Gasteiger partial charge in [0.1, 0.15) is 11.4 Å². The Balaban J connectivity index is 1.99. The molecule has 0 fully saturated rings. The third-order valence-corrected chi connectivity index (χ3v) is 6.14. The first-order chi connectivity index (χ1) is 17.0. The van der Waals surface area contributed by atoms with Gasteiger partial charge in [0.15, 0.2) is 23.1 Å². The van der Waals surface area contributed by atoms with Crippen molar-refractivity contribution in [2.45, 2.75) is 39.7 Å². The molecule has 1 amide bonds. The van der Waals surface area contributed by atoms with Gasteiger partial charge in [0.05, 0.1) is 25.9 Å². The van der Waals surface area contributed by atoms with Gasteiger partial charge in [-0.1, -0.05) is 20.8 Å². The number of benzene rings is 1. The molecular weight excluding hydrogens is 482 g/mol. The first-order valence-corrected chi connectivity index (χ1v) is 12.1. The maximum Gasteiger partial charge on any atom is 0.273 e. The van der Waals surface area contributed by atoms with Gasteiger partial charge in [0.25, 0.3) is 5.91 Å². The summed E-state index contributed by atoms with van der Waals surface area (Å²) >= 11 is 5.96. The molecule has 1 aromatic carbocycles. The van der Waals surface area contributed by atoms with Crippen LogP contribution in [0.5, 0.6) is 11.5 Å². The number of rotatable bonds is 8. The van der Waals surface area contributed by atoms with Crippen LogP contribution in [0.1, 0.15) is 65.4 Å². The number of carbonyl (C=O) groups is 2. The Morgan fingerprint density at radius 1 is 1.25 bits per heavy atom. The van der Waals surface area contributed by atoms with Crippen molar-refractivity contribution in [3.8, 4) is 11.5 Å². The lowest BCUT2D eigenvalue weighted by molar-refractivity contribution is 0.0949. The van der Waals surface area contributed by atoms with Crippen LogP contribution in [0.2, 0.25) is 0 Å². The maximum atomic E-state index is 13.5. The number of nitrogens with zero attached hydrogens (tertiary/aromatic N) is 4. The fourth-order valence-corrected chi connectivity index (χ4v) is 4.38. The van der Waals surface area contributed by atoms with Crippen molar-refractivity contribution >= 4 is 35.0 Å². The van der Waals surface area contributed by atoms with Gasteiger partial charge in [-0.2, -0.15) is 4.51 Å². The highest BCUT2D eigenvalue weighted by atomic mass is 35.5. The van der Waals surface area contributed by atoms with Crippen LogP contribution >= 0.6 is 11.8 Å². The summed E-state index contributed by atoms with van der Waals surface area (Å²) in [5.74, 6) is 0.973. The van der Waals surface area contributed by atoms with Crippen LogP contribution in [0.3, 0.4) is 0 Å². The molecule has 0 saturated heterocycles. The SMILES string of the molecule is CCOc1cc2c(nc1C(=O)NC)C(=NCl)N(CC(=O)c1cc(N(C)C)c(OC)c(C(C)(C)C)c1)C2. The van der Waals surface area contributed by atoms with Crippen LogP contribution in [0.4, 0.5) is 5.69 Å². The van der Waals surface area contributed by atoms with E-state index in [1.807, 2.05) is 38.1 Å². The van der Waals surface area contributed by atoms with E-state index in [9.17, 15) is 9.59 Å². The van der Waals surface area contributed by atoms with Crippen LogP contribution in [0.25, 0.3) is 0 Å². The van der Waals surface area contributed by atoms with Crippen molar-refractivity contribution in [2.75, 3.05) is 46.3 Å². The molecule has 1 aliphatic rings. The van der Waals surface area contributed by atoms with E-state index in [1.54, 1.807) is 18.1 Å². The van der Waals surface area contributed by atoms with Crippen LogP contribution in [0.15, 0.2) is 22.7 Å². The molecule has 1 N–H and O–H groups in total. The topological polar surface area (TPSA) is 96.4 Å². The van der Waals surface area contributed by atoms with E-state index in [0.717, 1.165) is 22.6 Å². The smallest absolute Gasteiger partial charge is 0.273 e. The minimum Gasteiger partial charge on any atom is -0.494 e. The summed E-state index contributed by atoms with van der Waals surface area (Å²) in [6, 6.07) is 5.49. The predicted octanol–water partition coefficient (Wildman–Crippen LogP) is 3.81. The molecule has 0 spiro atoms. The number of hydrogen-bond acceptors (Lipinski definition) is 7. The second kappa shape index (κ2) is 10.7. The zero-order chi connectivity index (χ0) is 26.8. The van der Waals surface area contributed by atoms with Crippen molar-refractivity contribution in [3.05, 3.63) is 46.3 Å². The van der Waals surface area contributed by atoms with E-state index in [4.69, 9.17) is 21.3 Å². The molecule has 0 bridgehead atoms. The van der Waals surface area contributed by atoms with Gasteiger partial charge in [-0.05, 0) is 30.5 Å². The van der Waals surface area contributed by atoms with Gasteiger partial charge in [0.2, 0.25) is 0 Å².